The summed E-state index contributed by atoms with van der Waals surface area (Å²) in [6.45, 7) is 6.79. The monoisotopic (exact) mass is 310 g/mol. The molecule has 0 bridgehead atoms. The van der Waals surface area contributed by atoms with Gasteiger partial charge in [-0.1, -0.05) is 24.8 Å². The Kier molecular flexibility index (Phi) is 5.09. The molecule has 3 N–H and O–H groups in total. The Morgan fingerprint density at radius 1 is 1.23 bits per heavy atom. The average molecular weight is 310 g/mol. The minimum absolute atomic E-state index is 0.170. The molecular weight excluding hydrogens is 293 g/mol. The lowest BCUT2D eigenvalue weighted by molar-refractivity contribution is -0.0584. The van der Waals surface area contributed by atoms with Gasteiger partial charge in [0, 0.05) is 0 Å². The molecule has 0 amide bonds. The zero-order chi connectivity index (χ0) is 17.1. The first-order valence-corrected chi connectivity index (χ1v) is 6.38. The van der Waals surface area contributed by atoms with Gasteiger partial charge < -0.3 is 10.5 Å². The van der Waals surface area contributed by atoms with Gasteiger partial charge in [0.15, 0.2) is 0 Å². The maximum absolute atomic E-state index is 12.2. The van der Waals surface area contributed by atoms with Crippen LogP contribution in [-0.2, 0) is 0 Å². The van der Waals surface area contributed by atoms with Gasteiger partial charge in [0.25, 0.3) is 0 Å². The van der Waals surface area contributed by atoms with Crippen LogP contribution in [0.15, 0.2) is 59.8 Å². The molecule has 1 rings (SSSR count). The summed E-state index contributed by atoms with van der Waals surface area (Å²) in [5.41, 5.74) is -1.01. The zero-order valence-electron chi connectivity index (χ0n) is 12.3. The molecule has 0 aromatic carbocycles. The van der Waals surface area contributed by atoms with E-state index in [0.29, 0.717) is 22.8 Å². The molecule has 0 heterocycles. The molecule has 1 aliphatic rings. The van der Waals surface area contributed by atoms with Crippen LogP contribution >= 0.6 is 0 Å². The Hall–Kier alpha value is -2.21. The molecule has 0 fully saturated rings. The van der Waals surface area contributed by atoms with E-state index in [0.717, 1.165) is 6.08 Å². The Morgan fingerprint density at radius 2 is 1.82 bits per heavy atom. The summed E-state index contributed by atoms with van der Waals surface area (Å²) in [6, 6.07) is 0. The van der Waals surface area contributed by atoms with E-state index in [1.165, 1.54) is 18.2 Å². The third kappa shape index (κ3) is 4.66. The third-order valence-corrected chi connectivity index (χ3v) is 2.89. The number of allylic oxidation sites excluding steroid dienone is 7. The van der Waals surface area contributed by atoms with Gasteiger partial charge in [-0.15, -0.1) is 0 Å². The molecule has 0 saturated carbocycles. The highest BCUT2D eigenvalue weighted by atomic mass is 19.4. The van der Waals surface area contributed by atoms with E-state index < -0.39 is 17.5 Å². The Bertz CT molecular complexity index is 627. The Labute approximate surface area is 126 Å². The lowest BCUT2D eigenvalue weighted by atomic mass is 9.84. The number of hydrogen-bond donors (Lipinski definition) is 3. The van der Waals surface area contributed by atoms with Gasteiger partial charge >= 0.3 is 6.18 Å². The summed E-state index contributed by atoms with van der Waals surface area (Å²) >= 11 is 0. The Balaban J connectivity index is 2.98. The van der Waals surface area contributed by atoms with Crippen LogP contribution in [0.25, 0.3) is 0 Å². The van der Waals surface area contributed by atoms with E-state index in [-0.39, 0.29) is 5.71 Å². The largest absolute Gasteiger partial charge is 0.432 e. The molecule has 3 nitrogen and oxygen atoms in total. The van der Waals surface area contributed by atoms with Crippen molar-refractivity contribution in [3.8, 4) is 0 Å². The molecule has 22 heavy (non-hydrogen) atoms. The number of hydrogen-bond acceptors (Lipinski definition) is 3. The van der Waals surface area contributed by atoms with E-state index >= 15 is 0 Å². The zero-order valence-corrected chi connectivity index (χ0v) is 12.3. The highest BCUT2D eigenvalue weighted by molar-refractivity contribution is 6.10. The van der Waals surface area contributed by atoms with E-state index in [1.54, 1.807) is 19.9 Å². The van der Waals surface area contributed by atoms with Crippen LogP contribution in [-0.4, -0.2) is 28.3 Å². The van der Waals surface area contributed by atoms with Gasteiger partial charge in [0.2, 0.25) is 0 Å². The second-order valence-electron chi connectivity index (χ2n) is 5.29. The first-order valence-electron chi connectivity index (χ1n) is 6.38. The van der Waals surface area contributed by atoms with Crippen molar-refractivity contribution in [3.05, 3.63) is 59.8 Å². The first-order chi connectivity index (χ1) is 9.93. The van der Waals surface area contributed by atoms with Crippen molar-refractivity contribution in [2.24, 2.45) is 0 Å². The molecule has 1 aliphatic carbocycles. The summed E-state index contributed by atoms with van der Waals surface area (Å²) in [5, 5.41) is 24.6. The summed E-state index contributed by atoms with van der Waals surface area (Å²) in [5.74, 6) is 0. The molecule has 0 atom stereocenters. The van der Waals surface area contributed by atoms with Crippen LogP contribution < -0.4 is 0 Å². The maximum Gasteiger partial charge on any atom is 0.432 e. The van der Waals surface area contributed by atoms with Gasteiger partial charge in [-0.05, 0) is 48.8 Å². The van der Waals surface area contributed by atoms with Crippen molar-refractivity contribution < 1.29 is 18.3 Å². The lowest BCUT2D eigenvalue weighted by Gasteiger charge is -2.26. The molecule has 0 aromatic heterocycles. The second-order valence-corrected chi connectivity index (χ2v) is 5.29. The molecular formula is C16H17F3N2O. The van der Waals surface area contributed by atoms with Crippen molar-refractivity contribution in [1.29, 1.82) is 10.8 Å². The molecule has 6 heteroatoms. The fourth-order valence-corrected chi connectivity index (χ4v) is 1.74. The number of halogens is 3. The minimum Gasteiger partial charge on any atom is -0.386 e. The highest BCUT2D eigenvalue weighted by Gasteiger charge is 2.32. The fraction of sp³-hybridized carbons (Fsp3) is 0.250. The van der Waals surface area contributed by atoms with Gasteiger partial charge in [-0.25, -0.2) is 0 Å². The van der Waals surface area contributed by atoms with Crippen molar-refractivity contribution in [2.45, 2.75) is 25.6 Å². The minimum atomic E-state index is -4.67. The third-order valence-electron chi connectivity index (χ3n) is 2.89. The average Bonchev–Trinajstić information content (AvgIpc) is 2.35. The quantitative estimate of drug-likeness (QED) is 0.535. The van der Waals surface area contributed by atoms with Gasteiger partial charge in [0.1, 0.15) is 5.71 Å². The second kappa shape index (κ2) is 6.27. The molecule has 0 spiro atoms. The number of rotatable bonds is 4. The summed E-state index contributed by atoms with van der Waals surface area (Å²) in [6.07, 6.45) is 2.97. The topological polar surface area (TPSA) is 67.9 Å². The van der Waals surface area contributed by atoms with E-state index in [1.807, 2.05) is 0 Å². The Morgan fingerprint density at radius 3 is 2.32 bits per heavy atom. The standard InChI is InChI=1S/C16H17F3N2O/c1-10-8-11(12(9-13(10)20)15(2,3)22)6-4-5-7-14(21)16(17,18)19/h4-9,20-22H,1H2,2-3H3/b6-4+,7-5-,20-13?,21-14?. The van der Waals surface area contributed by atoms with Gasteiger partial charge in [-0.2, -0.15) is 13.2 Å². The van der Waals surface area contributed by atoms with Gasteiger partial charge in [0.05, 0.1) is 11.3 Å². The predicted molar refractivity (Wildman–Crippen MR) is 81.4 cm³/mol. The van der Waals surface area contributed by atoms with Crippen molar-refractivity contribution in [2.75, 3.05) is 0 Å². The SMILES string of the molecule is C=C1C=C(/C=C/C=C\C(=N)C(F)(F)F)C(C(C)(C)O)=CC1=N. The maximum atomic E-state index is 12.2. The van der Waals surface area contributed by atoms with Crippen LogP contribution in [0.2, 0.25) is 0 Å². The summed E-state index contributed by atoms with van der Waals surface area (Å²) in [4.78, 5) is 0. The van der Waals surface area contributed by atoms with Crippen LogP contribution in [0.1, 0.15) is 13.8 Å². The lowest BCUT2D eigenvalue weighted by Crippen LogP contribution is -2.25. The smallest absolute Gasteiger partial charge is 0.386 e. The van der Waals surface area contributed by atoms with Crippen molar-refractivity contribution >= 4 is 11.4 Å². The normalized spacial score (nSPS) is 17.2. The molecule has 0 aliphatic heterocycles. The summed E-state index contributed by atoms with van der Waals surface area (Å²) < 4.78 is 36.5. The van der Waals surface area contributed by atoms with E-state index in [4.69, 9.17) is 10.8 Å². The van der Waals surface area contributed by atoms with Crippen molar-refractivity contribution in [1.82, 2.24) is 0 Å². The highest BCUT2D eigenvalue weighted by Crippen LogP contribution is 2.29. The number of nitrogens with one attached hydrogen (secondary N) is 2. The molecule has 0 unspecified atom stereocenters. The predicted octanol–water partition coefficient (Wildman–Crippen LogP) is 3.89. The van der Waals surface area contributed by atoms with E-state index in [9.17, 15) is 18.3 Å². The number of alkyl halides is 3. The van der Waals surface area contributed by atoms with Crippen LogP contribution in [0.4, 0.5) is 13.2 Å². The summed E-state index contributed by atoms with van der Waals surface area (Å²) in [7, 11) is 0. The molecule has 118 valence electrons. The number of aliphatic hydroxyl groups is 1. The molecule has 0 saturated heterocycles. The van der Waals surface area contributed by atoms with E-state index in [2.05, 4.69) is 6.58 Å². The molecule has 0 radical (unpaired) electrons. The molecule has 0 aromatic rings. The van der Waals surface area contributed by atoms with Crippen LogP contribution in [0, 0.1) is 10.8 Å². The van der Waals surface area contributed by atoms with Crippen LogP contribution in [0.5, 0.6) is 0 Å². The van der Waals surface area contributed by atoms with Crippen molar-refractivity contribution in [3.63, 3.8) is 0 Å². The van der Waals surface area contributed by atoms with Crippen LogP contribution in [0.3, 0.4) is 0 Å². The first kappa shape index (κ1) is 17.8. The fourth-order valence-electron chi connectivity index (χ4n) is 1.74. The van der Waals surface area contributed by atoms with Gasteiger partial charge in [-0.3, -0.25) is 5.41 Å².